The van der Waals surface area contributed by atoms with E-state index in [1.54, 1.807) is 12.4 Å². The van der Waals surface area contributed by atoms with E-state index in [4.69, 9.17) is 0 Å². The van der Waals surface area contributed by atoms with E-state index in [-0.39, 0.29) is 0 Å². The van der Waals surface area contributed by atoms with Gasteiger partial charge in [0.05, 0.1) is 18.6 Å². The van der Waals surface area contributed by atoms with Crippen LogP contribution in [0, 0.1) is 11.6 Å². The summed E-state index contributed by atoms with van der Waals surface area (Å²) >= 11 is 0. The molecule has 1 aromatic heterocycles. The lowest BCUT2D eigenvalue weighted by Crippen LogP contribution is -2.10. The van der Waals surface area contributed by atoms with Crippen molar-refractivity contribution in [2.45, 2.75) is 32.2 Å². The van der Waals surface area contributed by atoms with Crippen molar-refractivity contribution in [3.05, 3.63) is 53.1 Å². The maximum Gasteiger partial charge on any atom is 0.163 e. The summed E-state index contributed by atoms with van der Waals surface area (Å²) in [5, 5.41) is 0. The molecule has 18 heavy (non-hydrogen) atoms. The topological polar surface area (TPSA) is 17.8 Å². The highest BCUT2D eigenvalue weighted by molar-refractivity contribution is 5.22. The maximum atomic E-state index is 13.6. The zero-order valence-electron chi connectivity index (χ0n) is 10.00. The predicted molar refractivity (Wildman–Crippen MR) is 64.3 cm³/mol. The summed E-state index contributed by atoms with van der Waals surface area (Å²) in [6.07, 6.45) is 6.02. The summed E-state index contributed by atoms with van der Waals surface area (Å²) in [6.45, 7) is 0.353. The summed E-state index contributed by atoms with van der Waals surface area (Å²) in [5.41, 5.74) is 2.66. The molecule has 0 amide bonds. The van der Waals surface area contributed by atoms with Gasteiger partial charge in [-0.05, 0) is 31.7 Å². The first-order chi connectivity index (χ1) is 8.75. The van der Waals surface area contributed by atoms with Crippen molar-refractivity contribution < 1.29 is 8.78 Å². The Morgan fingerprint density at radius 1 is 1.17 bits per heavy atom. The van der Waals surface area contributed by atoms with Crippen LogP contribution in [0.15, 0.2) is 24.5 Å². The lowest BCUT2D eigenvalue weighted by Gasteiger charge is -2.14. The Balaban J connectivity index is 1.93. The Bertz CT molecular complexity index is 575. The van der Waals surface area contributed by atoms with Gasteiger partial charge in [0, 0.05) is 11.3 Å². The van der Waals surface area contributed by atoms with Crippen molar-refractivity contribution in [1.82, 2.24) is 9.55 Å². The van der Waals surface area contributed by atoms with Crippen LogP contribution >= 0.6 is 0 Å². The number of nitrogens with zero attached hydrogens (tertiary/aromatic N) is 2. The Hall–Kier alpha value is -1.71. The average molecular weight is 248 g/mol. The number of aromatic nitrogens is 2. The highest BCUT2D eigenvalue weighted by Gasteiger charge is 2.16. The van der Waals surface area contributed by atoms with Crippen LogP contribution in [0.2, 0.25) is 0 Å². The maximum absolute atomic E-state index is 13.6. The van der Waals surface area contributed by atoms with Gasteiger partial charge in [0.15, 0.2) is 11.6 Å². The first kappa shape index (κ1) is 11.4. The van der Waals surface area contributed by atoms with Crippen molar-refractivity contribution in [3.63, 3.8) is 0 Å². The van der Waals surface area contributed by atoms with Crippen LogP contribution in [-0.4, -0.2) is 9.55 Å². The molecule has 4 heteroatoms. The molecule has 1 heterocycles. The van der Waals surface area contributed by atoms with E-state index < -0.39 is 11.6 Å². The van der Waals surface area contributed by atoms with E-state index in [0.29, 0.717) is 12.1 Å². The zero-order valence-corrected chi connectivity index (χ0v) is 10.00. The van der Waals surface area contributed by atoms with Crippen molar-refractivity contribution >= 4 is 0 Å². The molecule has 2 aromatic rings. The lowest BCUT2D eigenvalue weighted by molar-refractivity contribution is 0.493. The molecule has 2 nitrogen and oxygen atoms in total. The predicted octanol–water partition coefficient (Wildman–Crippen LogP) is 3.09. The Morgan fingerprint density at radius 2 is 2.00 bits per heavy atom. The standard InChI is InChI=1S/C14H14F2N2/c15-11-5-3-4-10(14(11)16)8-18-9-17-12-6-1-2-7-13(12)18/h3-5,9H,1-2,6-8H2. The van der Waals surface area contributed by atoms with Crippen LogP contribution in [0.4, 0.5) is 8.78 Å². The van der Waals surface area contributed by atoms with Gasteiger partial charge in [0.1, 0.15) is 0 Å². The molecular formula is C14H14F2N2. The number of hydrogen-bond donors (Lipinski definition) is 0. The molecule has 0 fully saturated rings. The van der Waals surface area contributed by atoms with Crippen LogP contribution in [0.25, 0.3) is 0 Å². The zero-order chi connectivity index (χ0) is 12.5. The third-order valence-corrected chi connectivity index (χ3v) is 3.48. The number of benzene rings is 1. The Labute approximate surface area is 104 Å². The molecule has 0 bridgehead atoms. The fraction of sp³-hybridized carbons (Fsp3) is 0.357. The van der Waals surface area contributed by atoms with E-state index >= 15 is 0 Å². The van der Waals surface area contributed by atoms with Gasteiger partial charge in [-0.2, -0.15) is 0 Å². The quantitative estimate of drug-likeness (QED) is 0.798. The molecule has 0 saturated carbocycles. The minimum Gasteiger partial charge on any atom is -0.330 e. The second-order valence-electron chi connectivity index (χ2n) is 4.69. The first-order valence-corrected chi connectivity index (χ1v) is 6.21. The van der Waals surface area contributed by atoms with Crippen molar-refractivity contribution in [1.29, 1.82) is 0 Å². The molecule has 0 atom stereocenters. The molecule has 0 saturated heterocycles. The van der Waals surface area contributed by atoms with Gasteiger partial charge in [0.25, 0.3) is 0 Å². The van der Waals surface area contributed by atoms with E-state index in [2.05, 4.69) is 4.98 Å². The summed E-state index contributed by atoms with van der Waals surface area (Å²) in [4.78, 5) is 4.35. The number of aryl methyl sites for hydroxylation is 1. The molecule has 3 rings (SSSR count). The molecule has 0 unspecified atom stereocenters. The molecule has 0 radical (unpaired) electrons. The largest absolute Gasteiger partial charge is 0.330 e. The SMILES string of the molecule is Fc1cccc(Cn2cnc3c2CCCC3)c1F. The molecule has 0 spiro atoms. The van der Waals surface area contributed by atoms with Crippen LogP contribution in [0.3, 0.4) is 0 Å². The fourth-order valence-electron chi connectivity index (χ4n) is 2.52. The Morgan fingerprint density at radius 3 is 2.89 bits per heavy atom. The number of fused-ring (bicyclic) bond motifs is 1. The van der Waals surface area contributed by atoms with E-state index in [1.165, 1.54) is 18.2 Å². The molecule has 0 N–H and O–H groups in total. The Kier molecular flexibility index (Phi) is 2.86. The molecule has 94 valence electrons. The van der Waals surface area contributed by atoms with E-state index in [1.807, 2.05) is 4.57 Å². The molecule has 0 aliphatic heterocycles. The van der Waals surface area contributed by atoms with Gasteiger partial charge in [-0.25, -0.2) is 13.8 Å². The van der Waals surface area contributed by atoms with Crippen LogP contribution in [0.1, 0.15) is 29.8 Å². The number of rotatable bonds is 2. The highest BCUT2D eigenvalue weighted by atomic mass is 19.2. The summed E-state index contributed by atoms with van der Waals surface area (Å²) in [5.74, 6) is -1.54. The second kappa shape index (κ2) is 4.52. The summed E-state index contributed by atoms with van der Waals surface area (Å²) < 4.78 is 28.7. The summed E-state index contributed by atoms with van der Waals surface area (Å²) in [6, 6.07) is 4.30. The minimum atomic E-state index is -0.790. The highest BCUT2D eigenvalue weighted by Crippen LogP contribution is 2.21. The van der Waals surface area contributed by atoms with Gasteiger partial charge in [0.2, 0.25) is 0 Å². The fourth-order valence-corrected chi connectivity index (χ4v) is 2.52. The van der Waals surface area contributed by atoms with Crippen molar-refractivity contribution in [2.75, 3.05) is 0 Å². The first-order valence-electron chi connectivity index (χ1n) is 6.21. The normalized spacial score (nSPS) is 14.6. The smallest absolute Gasteiger partial charge is 0.163 e. The van der Waals surface area contributed by atoms with Crippen LogP contribution in [-0.2, 0) is 19.4 Å². The second-order valence-corrected chi connectivity index (χ2v) is 4.69. The monoisotopic (exact) mass is 248 g/mol. The van der Waals surface area contributed by atoms with Gasteiger partial charge < -0.3 is 4.57 Å². The molecule has 1 aliphatic rings. The van der Waals surface area contributed by atoms with Gasteiger partial charge in [-0.3, -0.25) is 0 Å². The summed E-state index contributed by atoms with van der Waals surface area (Å²) in [7, 11) is 0. The molecular weight excluding hydrogens is 234 g/mol. The molecule has 1 aromatic carbocycles. The molecule has 1 aliphatic carbocycles. The van der Waals surface area contributed by atoms with Crippen LogP contribution in [0.5, 0.6) is 0 Å². The minimum absolute atomic E-state index is 0.353. The van der Waals surface area contributed by atoms with E-state index in [0.717, 1.165) is 31.0 Å². The average Bonchev–Trinajstić information content (AvgIpc) is 2.79. The number of imidazole rings is 1. The van der Waals surface area contributed by atoms with Gasteiger partial charge in [-0.15, -0.1) is 0 Å². The van der Waals surface area contributed by atoms with Gasteiger partial charge in [-0.1, -0.05) is 12.1 Å². The lowest BCUT2D eigenvalue weighted by atomic mass is 10.0. The van der Waals surface area contributed by atoms with Crippen LogP contribution < -0.4 is 0 Å². The third-order valence-electron chi connectivity index (χ3n) is 3.48. The van der Waals surface area contributed by atoms with Crippen molar-refractivity contribution in [2.24, 2.45) is 0 Å². The number of halogens is 2. The number of hydrogen-bond acceptors (Lipinski definition) is 1. The van der Waals surface area contributed by atoms with E-state index in [9.17, 15) is 8.78 Å². The van der Waals surface area contributed by atoms with Gasteiger partial charge >= 0.3 is 0 Å². The third kappa shape index (κ3) is 1.92. The van der Waals surface area contributed by atoms with Crippen molar-refractivity contribution in [3.8, 4) is 0 Å².